The predicted molar refractivity (Wildman–Crippen MR) is 117 cm³/mol. The van der Waals surface area contributed by atoms with E-state index < -0.39 is 10.0 Å². The van der Waals surface area contributed by atoms with Gasteiger partial charge in [0, 0.05) is 44.0 Å². The lowest BCUT2D eigenvalue weighted by Gasteiger charge is -2.34. The number of sulfonamides is 1. The molecule has 2 aromatic heterocycles. The van der Waals surface area contributed by atoms with Crippen LogP contribution in [0, 0.1) is 0 Å². The van der Waals surface area contributed by atoms with Crippen molar-refractivity contribution in [3.63, 3.8) is 0 Å². The molecule has 3 heterocycles. The maximum atomic E-state index is 13.0. The number of carbonyl (C=O) groups excluding carboxylic acids is 1. The molecule has 0 N–H and O–H groups in total. The smallest absolute Gasteiger partial charge is 0.243 e. The Morgan fingerprint density at radius 1 is 1.10 bits per heavy atom. The van der Waals surface area contributed by atoms with Crippen LogP contribution in [0.15, 0.2) is 46.9 Å². The largest absolute Gasteiger partial charge is 0.340 e. The minimum atomic E-state index is -3.56. The molecule has 1 aliphatic rings. The molecule has 1 amide bonds. The summed E-state index contributed by atoms with van der Waals surface area (Å²) in [5.41, 5.74) is 1.80. The van der Waals surface area contributed by atoms with Crippen LogP contribution in [0.1, 0.15) is 32.0 Å². The van der Waals surface area contributed by atoms with E-state index in [0.29, 0.717) is 31.1 Å². The SMILES string of the molecule is CC(C)(C)c1ccc(S(=O)(=O)N2CCN(C(=O)Cc3cn4ccsc4n3)CC2)cc1. The van der Waals surface area contributed by atoms with Crippen LogP contribution in [0.2, 0.25) is 0 Å². The van der Waals surface area contributed by atoms with E-state index in [0.717, 1.165) is 16.2 Å². The first-order valence-electron chi connectivity index (χ1n) is 9.94. The van der Waals surface area contributed by atoms with Crippen molar-refractivity contribution in [2.45, 2.75) is 37.5 Å². The monoisotopic (exact) mass is 446 g/mol. The van der Waals surface area contributed by atoms with Gasteiger partial charge < -0.3 is 4.90 Å². The van der Waals surface area contributed by atoms with E-state index in [1.165, 1.54) is 15.6 Å². The topological polar surface area (TPSA) is 75.0 Å². The molecule has 4 rings (SSSR count). The normalized spacial score (nSPS) is 16.3. The average molecular weight is 447 g/mol. The fourth-order valence-electron chi connectivity index (χ4n) is 3.58. The van der Waals surface area contributed by atoms with E-state index in [4.69, 9.17) is 0 Å². The van der Waals surface area contributed by atoms with E-state index in [-0.39, 0.29) is 17.7 Å². The Kier molecular flexibility index (Phi) is 5.46. The summed E-state index contributed by atoms with van der Waals surface area (Å²) in [6, 6.07) is 7.11. The molecule has 7 nitrogen and oxygen atoms in total. The van der Waals surface area contributed by atoms with Gasteiger partial charge in [-0.2, -0.15) is 4.31 Å². The summed E-state index contributed by atoms with van der Waals surface area (Å²) in [5, 5.41) is 1.95. The number of hydrogen-bond acceptors (Lipinski definition) is 5. The summed E-state index contributed by atoms with van der Waals surface area (Å²) in [6.45, 7) is 7.67. The van der Waals surface area contributed by atoms with Gasteiger partial charge in [-0.05, 0) is 23.1 Å². The van der Waals surface area contributed by atoms with Gasteiger partial charge in [0.05, 0.1) is 17.0 Å². The van der Waals surface area contributed by atoms with Crippen molar-refractivity contribution in [3.05, 3.63) is 53.3 Å². The van der Waals surface area contributed by atoms with Crippen molar-refractivity contribution in [3.8, 4) is 0 Å². The molecule has 1 aliphatic heterocycles. The molecule has 0 spiro atoms. The van der Waals surface area contributed by atoms with Crippen LogP contribution in [0.4, 0.5) is 0 Å². The van der Waals surface area contributed by atoms with Gasteiger partial charge in [-0.1, -0.05) is 32.9 Å². The van der Waals surface area contributed by atoms with Crippen LogP contribution in [-0.2, 0) is 26.7 Å². The second-order valence-corrected chi connectivity index (χ2v) is 11.4. The number of carbonyl (C=O) groups is 1. The second-order valence-electron chi connectivity index (χ2n) is 8.56. The fourth-order valence-corrected chi connectivity index (χ4v) is 5.72. The number of thiazole rings is 1. The third-order valence-corrected chi connectivity index (χ3v) is 8.11. The van der Waals surface area contributed by atoms with Gasteiger partial charge in [0.2, 0.25) is 15.9 Å². The maximum Gasteiger partial charge on any atom is 0.243 e. The summed E-state index contributed by atoms with van der Waals surface area (Å²) >= 11 is 1.53. The van der Waals surface area contributed by atoms with Crippen molar-refractivity contribution in [2.24, 2.45) is 0 Å². The quantitative estimate of drug-likeness (QED) is 0.618. The van der Waals surface area contributed by atoms with Gasteiger partial charge in [-0.15, -0.1) is 11.3 Å². The van der Waals surface area contributed by atoms with Crippen molar-refractivity contribution < 1.29 is 13.2 Å². The molecule has 0 saturated carbocycles. The van der Waals surface area contributed by atoms with Crippen molar-refractivity contribution in [1.29, 1.82) is 0 Å². The molecular formula is C21H26N4O3S2. The van der Waals surface area contributed by atoms with Crippen LogP contribution in [-0.4, -0.2) is 59.1 Å². The molecule has 0 atom stereocenters. The van der Waals surface area contributed by atoms with Crippen molar-refractivity contribution in [1.82, 2.24) is 18.6 Å². The highest BCUT2D eigenvalue weighted by Gasteiger charge is 2.30. The third kappa shape index (κ3) is 4.14. The molecule has 1 aromatic carbocycles. The molecule has 0 bridgehead atoms. The molecule has 1 saturated heterocycles. The number of hydrogen-bond donors (Lipinski definition) is 0. The van der Waals surface area contributed by atoms with Gasteiger partial charge in [0.1, 0.15) is 0 Å². The van der Waals surface area contributed by atoms with Gasteiger partial charge in [-0.3, -0.25) is 9.20 Å². The Balaban J connectivity index is 1.38. The number of rotatable bonds is 4. The lowest BCUT2D eigenvalue weighted by Crippen LogP contribution is -2.50. The Labute approximate surface area is 181 Å². The lowest BCUT2D eigenvalue weighted by molar-refractivity contribution is -0.131. The van der Waals surface area contributed by atoms with Gasteiger partial charge >= 0.3 is 0 Å². The average Bonchev–Trinajstić information content (AvgIpc) is 3.29. The Hall–Kier alpha value is -2.23. The fraction of sp³-hybridized carbons (Fsp3) is 0.429. The van der Waals surface area contributed by atoms with Crippen LogP contribution < -0.4 is 0 Å². The van der Waals surface area contributed by atoms with E-state index in [2.05, 4.69) is 25.8 Å². The molecule has 3 aromatic rings. The molecule has 30 heavy (non-hydrogen) atoms. The highest BCUT2D eigenvalue weighted by Crippen LogP contribution is 2.25. The van der Waals surface area contributed by atoms with E-state index in [1.54, 1.807) is 17.0 Å². The number of benzene rings is 1. The second kappa shape index (κ2) is 7.79. The first kappa shape index (κ1) is 21.0. The third-order valence-electron chi connectivity index (χ3n) is 5.42. The van der Waals surface area contributed by atoms with Gasteiger partial charge in [0.15, 0.2) is 4.96 Å². The molecule has 1 fully saturated rings. The van der Waals surface area contributed by atoms with E-state index in [1.807, 2.05) is 34.3 Å². The summed E-state index contributed by atoms with van der Waals surface area (Å²) in [5.74, 6) is -0.0210. The zero-order valence-corrected chi connectivity index (χ0v) is 19.0. The van der Waals surface area contributed by atoms with Crippen molar-refractivity contribution >= 4 is 32.2 Å². The molecule has 0 radical (unpaired) electrons. The highest BCUT2D eigenvalue weighted by atomic mass is 32.2. The summed E-state index contributed by atoms with van der Waals surface area (Å²) in [7, 11) is -3.56. The summed E-state index contributed by atoms with van der Waals surface area (Å²) in [6.07, 6.45) is 4.01. The van der Waals surface area contributed by atoms with Crippen molar-refractivity contribution in [2.75, 3.05) is 26.2 Å². The van der Waals surface area contributed by atoms with Crippen LogP contribution >= 0.6 is 11.3 Å². The lowest BCUT2D eigenvalue weighted by atomic mass is 9.87. The first-order chi connectivity index (χ1) is 14.1. The zero-order valence-electron chi connectivity index (χ0n) is 17.4. The zero-order chi connectivity index (χ0) is 21.5. The molecule has 0 unspecified atom stereocenters. The van der Waals surface area contributed by atoms with Gasteiger partial charge in [-0.25, -0.2) is 13.4 Å². The molecular weight excluding hydrogens is 420 g/mol. The molecule has 9 heteroatoms. The minimum Gasteiger partial charge on any atom is -0.340 e. The van der Waals surface area contributed by atoms with Gasteiger partial charge in [0.25, 0.3) is 0 Å². The van der Waals surface area contributed by atoms with Crippen LogP contribution in [0.25, 0.3) is 4.96 Å². The Bertz CT molecular complexity index is 1120. The Morgan fingerprint density at radius 3 is 2.37 bits per heavy atom. The number of amides is 1. The number of piperazine rings is 1. The molecule has 0 aliphatic carbocycles. The standard InChI is InChI=1S/C21H26N4O3S2/c1-21(2,3)16-4-6-18(7-5-16)30(27,28)25-10-8-23(9-11-25)19(26)14-17-15-24-12-13-29-20(24)22-17/h4-7,12-13,15H,8-11,14H2,1-3H3. The first-order valence-corrected chi connectivity index (χ1v) is 12.3. The number of aromatic nitrogens is 2. The summed E-state index contributed by atoms with van der Waals surface area (Å²) < 4.78 is 29.4. The molecule has 160 valence electrons. The Morgan fingerprint density at radius 2 is 1.77 bits per heavy atom. The number of fused-ring (bicyclic) bond motifs is 1. The predicted octanol–water partition coefficient (Wildman–Crippen LogP) is 2.77. The van der Waals surface area contributed by atoms with Crippen LogP contribution in [0.3, 0.4) is 0 Å². The van der Waals surface area contributed by atoms with E-state index >= 15 is 0 Å². The highest BCUT2D eigenvalue weighted by molar-refractivity contribution is 7.89. The number of nitrogens with zero attached hydrogens (tertiary/aromatic N) is 4. The van der Waals surface area contributed by atoms with Crippen LogP contribution in [0.5, 0.6) is 0 Å². The summed E-state index contributed by atoms with van der Waals surface area (Å²) in [4.78, 5) is 20.0. The number of imidazole rings is 1. The maximum absolute atomic E-state index is 13.0. The minimum absolute atomic E-state index is 0.0210. The van der Waals surface area contributed by atoms with E-state index in [9.17, 15) is 13.2 Å².